The van der Waals surface area contributed by atoms with Crippen molar-refractivity contribution < 1.29 is 9.59 Å². The zero-order chi connectivity index (χ0) is 17.9. The number of likely N-dealkylation sites (tertiary alicyclic amines) is 1. The molecule has 4 rings (SSSR count). The number of hydrogen-bond acceptors (Lipinski definition) is 5. The van der Waals surface area contributed by atoms with E-state index in [9.17, 15) is 9.59 Å². The summed E-state index contributed by atoms with van der Waals surface area (Å²) < 4.78 is 1.86. The van der Waals surface area contributed by atoms with Gasteiger partial charge in [0.05, 0.1) is 18.4 Å². The Kier molecular flexibility index (Phi) is 4.83. The summed E-state index contributed by atoms with van der Waals surface area (Å²) in [6.45, 7) is 3.30. The summed E-state index contributed by atoms with van der Waals surface area (Å²) in [5.74, 6) is 0.550. The Labute approximate surface area is 152 Å². The van der Waals surface area contributed by atoms with Gasteiger partial charge in [0.25, 0.3) is 0 Å². The van der Waals surface area contributed by atoms with Crippen molar-refractivity contribution in [2.45, 2.75) is 25.8 Å². The molecule has 2 aliphatic rings. The van der Waals surface area contributed by atoms with E-state index in [1.165, 1.54) is 0 Å². The van der Waals surface area contributed by atoms with Gasteiger partial charge in [0, 0.05) is 32.4 Å². The van der Waals surface area contributed by atoms with Crippen LogP contribution in [0.5, 0.6) is 0 Å². The van der Waals surface area contributed by atoms with Crippen molar-refractivity contribution in [3.8, 4) is 0 Å². The Morgan fingerprint density at radius 2 is 1.96 bits per heavy atom. The third kappa shape index (κ3) is 3.41. The molecule has 2 fully saturated rings. The maximum absolute atomic E-state index is 12.6. The fourth-order valence-electron chi connectivity index (χ4n) is 3.85. The summed E-state index contributed by atoms with van der Waals surface area (Å²) in [4.78, 5) is 27.1. The fourth-order valence-corrected chi connectivity index (χ4v) is 3.85. The molecule has 26 heavy (non-hydrogen) atoms. The van der Waals surface area contributed by atoms with Crippen LogP contribution in [-0.2, 0) is 16.1 Å². The molecule has 2 aromatic rings. The molecule has 2 aromatic heterocycles. The first kappa shape index (κ1) is 17.0. The van der Waals surface area contributed by atoms with Gasteiger partial charge >= 0.3 is 0 Å². The fraction of sp³-hybridized carbons (Fsp3) is 0.556. The minimum absolute atomic E-state index is 0.0379. The Morgan fingerprint density at radius 3 is 2.81 bits per heavy atom. The van der Waals surface area contributed by atoms with Crippen LogP contribution >= 0.6 is 0 Å². The van der Waals surface area contributed by atoms with Crippen LogP contribution in [0, 0.1) is 11.8 Å². The highest BCUT2D eigenvalue weighted by atomic mass is 16.2. The lowest BCUT2D eigenvalue weighted by molar-refractivity contribution is -0.136. The van der Waals surface area contributed by atoms with E-state index in [4.69, 9.17) is 0 Å². The van der Waals surface area contributed by atoms with Crippen LogP contribution in [0.3, 0.4) is 0 Å². The van der Waals surface area contributed by atoms with Gasteiger partial charge in [0.1, 0.15) is 0 Å². The topological polar surface area (TPSA) is 91.6 Å². The van der Waals surface area contributed by atoms with Gasteiger partial charge in [-0.25, -0.2) is 0 Å². The predicted octanol–water partition coefficient (Wildman–Crippen LogP) is 0.194. The lowest BCUT2D eigenvalue weighted by atomic mass is 9.89. The van der Waals surface area contributed by atoms with Gasteiger partial charge in [-0.05, 0) is 31.4 Å². The minimum Gasteiger partial charge on any atom is -0.349 e. The molecule has 8 nitrogen and oxygen atoms in total. The molecule has 0 aromatic carbocycles. The average Bonchev–Trinajstić information content (AvgIpc) is 3.36. The zero-order valence-corrected chi connectivity index (χ0v) is 14.7. The summed E-state index contributed by atoms with van der Waals surface area (Å²) in [7, 11) is 0. The van der Waals surface area contributed by atoms with E-state index in [0.717, 1.165) is 31.6 Å². The Bertz CT molecular complexity index is 798. The van der Waals surface area contributed by atoms with Gasteiger partial charge in [-0.15, -0.1) is 10.2 Å². The number of carbonyl (C=O) groups excluding carboxylic acids is 2. The molecule has 8 heteroatoms. The molecular formula is C18H24N6O2. The quantitative estimate of drug-likeness (QED) is 0.816. The molecule has 2 unspecified atom stereocenters. The Morgan fingerprint density at radius 1 is 1.15 bits per heavy atom. The lowest BCUT2D eigenvalue weighted by Gasteiger charge is -2.31. The molecule has 138 valence electrons. The van der Waals surface area contributed by atoms with Crippen LogP contribution in [0.1, 0.15) is 25.1 Å². The number of carbonyl (C=O) groups is 2. The molecule has 0 spiro atoms. The second kappa shape index (κ2) is 7.41. The zero-order valence-electron chi connectivity index (χ0n) is 14.7. The van der Waals surface area contributed by atoms with Crippen molar-refractivity contribution in [1.82, 2.24) is 30.1 Å². The monoisotopic (exact) mass is 356 g/mol. The molecule has 2 atom stereocenters. The van der Waals surface area contributed by atoms with Crippen LogP contribution < -0.4 is 10.6 Å². The van der Waals surface area contributed by atoms with Gasteiger partial charge < -0.3 is 15.5 Å². The number of aromatic nitrogens is 3. The maximum Gasteiger partial charge on any atom is 0.226 e. The standard InChI is InChI=1S/C18H24N6O2/c25-17(20-12-16-22-21-15-5-1-2-8-24(15)16)13-9-14(11-19-10-13)18(26)23-6-3-4-7-23/h1-2,5,8,13-14,19H,3-4,6-7,9-12H2,(H,20,25). The number of rotatable bonds is 4. The van der Waals surface area contributed by atoms with Crippen LogP contribution in [0.15, 0.2) is 24.4 Å². The SMILES string of the molecule is O=C(NCc1nnc2ccccn12)C1CNCC(C(=O)N2CCCC2)C1. The molecular weight excluding hydrogens is 332 g/mol. The largest absolute Gasteiger partial charge is 0.349 e. The maximum atomic E-state index is 12.6. The van der Waals surface area contributed by atoms with E-state index in [0.29, 0.717) is 31.9 Å². The highest BCUT2D eigenvalue weighted by Crippen LogP contribution is 2.21. The van der Waals surface area contributed by atoms with Crippen LogP contribution in [-0.4, -0.2) is 57.5 Å². The summed E-state index contributed by atoms with van der Waals surface area (Å²) in [6, 6.07) is 5.68. The van der Waals surface area contributed by atoms with Crippen LogP contribution in [0.25, 0.3) is 5.65 Å². The van der Waals surface area contributed by atoms with E-state index in [2.05, 4.69) is 20.8 Å². The summed E-state index contributed by atoms with van der Waals surface area (Å²) >= 11 is 0. The number of nitrogens with zero attached hydrogens (tertiary/aromatic N) is 4. The summed E-state index contributed by atoms with van der Waals surface area (Å²) in [6.07, 6.45) is 4.66. The van der Waals surface area contributed by atoms with Crippen molar-refractivity contribution in [3.05, 3.63) is 30.2 Å². The second-order valence-electron chi connectivity index (χ2n) is 7.08. The number of amides is 2. The van der Waals surface area contributed by atoms with E-state index < -0.39 is 0 Å². The molecule has 4 heterocycles. The van der Waals surface area contributed by atoms with Crippen molar-refractivity contribution in [2.75, 3.05) is 26.2 Å². The van der Waals surface area contributed by atoms with Gasteiger partial charge in [0.2, 0.25) is 11.8 Å². The van der Waals surface area contributed by atoms with Gasteiger partial charge in [-0.2, -0.15) is 0 Å². The van der Waals surface area contributed by atoms with Gasteiger partial charge in [-0.3, -0.25) is 14.0 Å². The van der Waals surface area contributed by atoms with Gasteiger partial charge in [0.15, 0.2) is 11.5 Å². The number of fused-ring (bicyclic) bond motifs is 1. The number of piperidine rings is 1. The molecule has 0 radical (unpaired) electrons. The van der Waals surface area contributed by atoms with E-state index >= 15 is 0 Å². The minimum atomic E-state index is -0.195. The highest BCUT2D eigenvalue weighted by Gasteiger charge is 2.34. The van der Waals surface area contributed by atoms with Crippen molar-refractivity contribution in [1.29, 1.82) is 0 Å². The molecule has 0 aliphatic carbocycles. The van der Waals surface area contributed by atoms with Crippen molar-refractivity contribution >= 4 is 17.5 Å². The first-order valence-corrected chi connectivity index (χ1v) is 9.28. The average molecular weight is 356 g/mol. The Hall–Kier alpha value is -2.48. The number of nitrogens with one attached hydrogen (secondary N) is 2. The Balaban J connectivity index is 1.34. The lowest BCUT2D eigenvalue weighted by Crippen LogP contribution is -2.48. The third-order valence-electron chi connectivity index (χ3n) is 5.29. The molecule has 2 amide bonds. The number of hydrogen-bond donors (Lipinski definition) is 2. The first-order valence-electron chi connectivity index (χ1n) is 9.28. The number of pyridine rings is 1. The van der Waals surface area contributed by atoms with Crippen molar-refractivity contribution in [2.24, 2.45) is 11.8 Å². The van der Waals surface area contributed by atoms with E-state index in [1.807, 2.05) is 33.7 Å². The van der Waals surface area contributed by atoms with E-state index in [-0.39, 0.29) is 23.7 Å². The van der Waals surface area contributed by atoms with Crippen LogP contribution in [0.4, 0.5) is 0 Å². The molecule has 2 N–H and O–H groups in total. The molecule has 2 aliphatic heterocycles. The van der Waals surface area contributed by atoms with E-state index in [1.54, 1.807) is 0 Å². The molecule has 2 saturated heterocycles. The molecule has 0 bridgehead atoms. The second-order valence-corrected chi connectivity index (χ2v) is 7.08. The predicted molar refractivity (Wildman–Crippen MR) is 95.1 cm³/mol. The normalized spacial score (nSPS) is 23.3. The first-order chi connectivity index (χ1) is 12.7. The van der Waals surface area contributed by atoms with Crippen molar-refractivity contribution in [3.63, 3.8) is 0 Å². The highest BCUT2D eigenvalue weighted by molar-refractivity contribution is 5.83. The third-order valence-corrected chi connectivity index (χ3v) is 5.29. The van der Waals surface area contributed by atoms with Gasteiger partial charge in [-0.1, -0.05) is 6.07 Å². The summed E-state index contributed by atoms with van der Waals surface area (Å²) in [5.41, 5.74) is 0.757. The molecule has 0 saturated carbocycles. The smallest absolute Gasteiger partial charge is 0.226 e. The van der Waals surface area contributed by atoms with Crippen LogP contribution in [0.2, 0.25) is 0 Å². The summed E-state index contributed by atoms with van der Waals surface area (Å²) in [5, 5.41) is 14.4.